The molecule has 0 spiro atoms. The zero-order valence-corrected chi connectivity index (χ0v) is 14.5. The molecule has 140 valence electrons. The van der Waals surface area contributed by atoms with Crippen LogP contribution in [-0.4, -0.2) is 42.8 Å². The Morgan fingerprint density at radius 2 is 1.46 bits per heavy atom. The number of piperazine rings is 1. The molecule has 2 aromatic carbocycles. The van der Waals surface area contributed by atoms with Crippen LogP contribution in [0.1, 0.15) is 23.6 Å². The van der Waals surface area contributed by atoms with E-state index in [1.807, 2.05) is 24.3 Å². The average molecular weight is 364 g/mol. The van der Waals surface area contributed by atoms with Gasteiger partial charge in [-0.1, -0.05) is 36.4 Å². The second-order valence-corrected chi connectivity index (χ2v) is 6.51. The highest BCUT2D eigenvalue weighted by atomic mass is 19.4. The molecule has 3 nitrogen and oxygen atoms in total. The van der Waals surface area contributed by atoms with E-state index in [4.69, 9.17) is 0 Å². The molecule has 6 heteroatoms. The molecule has 1 atom stereocenters. The van der Waals surface area contributed by atoms with Gasteiger partial charge in [0.1, 0.15) is 0 Å². The van der Waals surface area contributed by atoms with Gasteiger partial charge in [-0.15, -0.1) is 0 Å². The van der Waals surface area contributed by atoms with Crippen molar-refractivity contribution in [3.63, 3.8) is 0 Å². The van der Waals surface area contributed by atoms with E-state index < -0.39 is 11.7 Å². The van der Waals surface area contributed by atoms with E-state index in [0.29, 0.717) is 6.42 Å². The molecule has 1 heterocycles. The summed E-state index contributed by atoms with van der Waals surface area (Å²) < 4.78 is 38.1. The van der Waals surface area contributed by atoms with Crippen LogP contribution in [0.3, 0.4) is 0 Å². The highest BCUT2D eigenvalue weighted by Crippen LogP contribution is 2.32. The number of nitrogens with one attached hydrogen (secondary N) is 1. The highest BCUT2D eigenvalue weighted by Gasteiger charge is 2.30. The Kier molecular flexibility index (Phi) is 5.96. The fraction of sp³-hybridized carbons (Fsp3) is 0.400. The van der Waals surface area contributed by atoms with Crippen molar-refractivity contribution in [3.05, 3.63) is 59.7 Å². The summed E-state index contributed by atoms with van der Waals surface area (Å²) in [7, 11) is 0. The molecule has 0 amide bonds. The maximum absolute atomic E-state index is 12.7. The molecule has 2 aromatic rings. The van der Waals surface area contributed by atoms with E-state index in [1.165, 1.54) is 12.1 Å². The number of nitrogens with zero attached hydrogens (tertiary/aromatic N) is 1. The van der Waals surface area contributed by atoms with Crippen LogP contribution in [0.2, 0.25) is 0 Å². The van der Waals surface area contributed by atoms with Crippen molar-refractivity contribution in [3.8, 4) is 11.1 Å². The van der Waals surface area contributed by atoms with Crippen LogP contribution in [-0.2, 0) is 6.18 Å². The van der Waals surface area contributed by atoms with E-state index in [0.717, 1.165) is 55.0 Å². The third kappa shape index (κ3) is 4.44. The van der Waals surface area contributed by atoms with E-state index in [-0.39, 0.29) is 12.6 Å². The summed E-state index contributed by atoms with van der Waals surface area (Å²) in [5.41, 5.74) is 2.12. The summed E-state index contributed by atoms with van der Waals surface area (Å²) in [6.45, 7) is 3.86. The fourth-order valence-corrected chi connectivity index (χ4v) is 3.43. The van der Waals surface area contributed by atoms with Gasteiger partial charge in [0.15, 0.2) is 0 Å². The van der Waals surface area contributed by atoms with Gasteiger partial charge in [-0.3, -0.25) is 4.90 Å². The van der Waals surface area contributed by atoms with Crippen molar-refractivity contribution in [2.75, 3.05) is 32.8 Å². The molecule has 3 rings (SSSR count). The monoisotopic (exact) mass is 364 g/mol. The number of benzene rings is 2. The summed E-state index contributed by atoms with van der Waals surface area (Å²) in [4.78, 5) is 2.36. The minimum absolute atomic E-state index is 0.120. The lowest BCUT2D eigenvalue weighted by Gasteiger charge is -2.35. The first-order valence-electron chi connectivity index (χ1n) is 8.82. The molecule has 1 saturated heterocycles. The van der Waals surface area contributed by atoms with Gasteiger partial charge in [-0.05, 0) is 35.2 Å². The number of rotatable bonds is 5. The summed E-state index contributed by atoms with van der Waals surface area (Å²) in [6, 6.07) is 13.3. The van der Waals surface area contributed by atoms with Crippen LogP contribution in [0, 0.1) is 0 Å². The molecule has 1 aliphatic rings. The van der Waals surface area contributed by atoms with E-state index in [2.05, 4.69) is 10.2 Å². The molecular weight excluding hydrogens is 341 g/mol. The second kappa shape index (κ2) is 8.20. The van der Waals surface area contributed by atoms with E-state index >= 15 is 0 Å². The predicted molar refractivity (Wildman–Crippen MR) is 95.8 cm³/mol. The Labute approximate surface area is 151 Å². The first-order valence-corrected chi connectivity index (χ1v) is 8.82. The maximum atomic E-state index is 12.7. The Bertz CT molecular complexity index is 692. The summed E-state index contributed by atoms with van der Waals surface area (Å²) in [5, 5.41) is 12.7. The van der Waals surface area contributed by atoms with Gasteiger partial charge in [0.2, 0.25) is 0 Å². The normalized spacial score (nSPS) is 17.2. The highest BCUT2D eigenvalue weighted by molar-refractivity contribution is 5.64. The number of alkyl halides is 3. The molecule has 0 unspecified atom stereocenters. The van der Waals surface area contributed by atoms with Crippen LogP contribution in [0.5, 0.6) is 0 Å². The third-order valence-corrected chi connectivity index (χ3v) is 4.84. The second-order valence-electron chi connectivity index (χ2n) is 6.51. The van der Waals surface area contributed by atoms with Crippen LogP contribution >= 0.6 is 0 Å². The Morgan fingerprint density at radius 1 is 0.923 bits per heavy atom. The van der Waals surface area contributed by atoms with Gasteiger partial charge in [0.25, 0.3) is 0 Å². The topological polar surface area (TPSA) is 35.5 Å². The zero-order valence-electron chi connectivity index (χ0n) is 14.5. The van der Waals surface area contributed by atoms with E-state index in [9.17, 15) is 18.3 Å². The van der Waals surface area contributed by atoms with Gasteiger partial charge in [-0.25, -0.2) is 0 Å². The molecule has 2 N–H and O–H groups in total. The number of aliphatic hydroxyl groups is 1. The first-order chi connectivity index (χ1) is 12.5. The van der Waals surface area contributed by atoms with Gasteiger partial charge < -0.3 is 10.4 Å². The molecule has 0 aromatic heterocycles. The van der Waals surface area contributed by atoms with Crippen LogP contribution in [0.15, 0.2) is 48.5 Å². The largest absolute Gasteiger partial charge is 0.416 e. The first kappa shape index (κ1) is 18.9. The van der Waals surface area contributed by atoms with Gasteiger partial charge in [0, 0.05) is 38.8 Å². The minimum Gasteiger partial charge on any atom is -0.396 e. The van der Waals surface area contributed by atoms with Crippen molar-refractivity contribution in [1.82, 2.24) is 10.2 Å². The molecule has 0 radical (unpaired) electrons. The Morgan fingerprint density at radius 3 is 1.96 bits per heavy atom. The van der Waals surface area contributed by atoms with Crippen LogP contribution in [0.25, 0.3) is 11.1 Å². The molecular formula is C20H23F3N2O. The van der Waals surface area contributed by atoms with Crippen molar-refractivity contribution in [2.45, 2.75) is 18.6 Å². The lowest BCUT2D eigenvalue weighted by molar-refractivity contribution is -0.137. The molecule has 0 saturated carbocycles. The smallest absolute Gasteiger partial charge is 0.396 e. The fourth-order valence-electron chi connectivity index (χ4n) is 3.43. The Balaban J connectivity index is 1.78. The molecule has 1 fully saturated rings. The molecule has 0 aliphatic carbocycles. The predicted octanol–water partition coefficient (Wildman–Crippen LogP) is 3.70. The van der Waals surface area contributed by atoms with Crippen molar-refractivity contribution in [2.24, 2.45) is 0 Å². The lowest BCUT2D eigenvalue weighted by Crippen LogP contribution is -2.45. The number of hydrogen-bond acceptors (Lipinski definition) is 3. The van der Waals surface area contributed by atoms with Crippen LogP contribution in [0.4, 0.5) is 13.2 Å². The van der Waals surface area contributed by atoms with E-state index in [1.54, 1.807) is 0 Å². The lowest BCUT2D eigenvalue weighted by atomic mass is 9.97. The van der Waals surface area contributed by atoms with Gasteiger partial charge in [0.05, 0.1) is 5.56 Å². The summed E-state index contributed by atoms with van der Waals surface area (Å²) in [6.07, 6.45) is -3.65. The third-order valence-electron chi connectivity index (χ3n) is 4.84. The number of hydrogen-bond donors (Lipinski definition) is 2. The zero-order chi connectivity index (χ0) is 18.6. The summed E-state index contributed by atoms with van der Waals surface area (Å²) in [5.74, 6) is 0. The number of halogens is 3. The SMILES string of the molecule is OCC[C@H](c1ccc(-c2ccc(C(F)(F)F)cc2)cc1)N1CCNCC1. The van der Waals surface area contributed by atoms with Crippen molar-refractivity contribution < 1.29 is 18.3 Å². The molecule has 26 heavy (non-hydrogen) atoms. The number of aliphatic hydroxyl groups excluding tert-OH is 1. The van der Waals surface area contributed by atoms with Gasteiger partial charge in [-0.2, -0.15) is 13.2 Å². The van der Waals surface area contributed by atoms with Crippen LogP contribution < -0.4 is 5.32 Å². The van der Waals surface area contributed by atoms with Crippen molar-refractivity contribution in [1.29, 1.82) is 0 Å². The molecule has 0 bridgehead atoms. The van der Waals surface area contributed by atoms with Gasteiger partial charge >= 0.3 is 6.18 Å². The quantitative estimate of drug-likeness (QED) is 0.849. The minimum atomic E-state index is -4.32. The van der Waals surface area contributed by atoms with Crippen molar-refractivity contribution >= 4 is 0 Å². The Hall–Kier alpha value is -1.89. The average Bonchev–Trinajstić information content (AvgIpc) is 2.66. The summed E-state index contributed by atoms with van der Waals surface area (Å²) >= 11 is 0. The standard InChI is InChI=1S/C20H23F3N2O/c21-20(22,23)18-7-5-16(6-8-18)15-1-3-17(4-2-15)19(9-14-26)25-12-10-24-11-13-25/h1-8,19,24,26H,9-14H2/t19-/m1/s1. The molecule has 1 aliphatic heterocycles. The maximum Gasteiger partial charge on any atom is 0.416 e.